The monoisotopic (exact) mass is 339 g/mol. The van der Waals surface area contributed by atoms with Gasteiger partial charge >= 0.3 is 0 Å². The van der Waals surface area contributed by atoms with Crippen LogP contribution in [-0.2, 0) is 13.1 Å². The van der Waals surface area contributed by atoms with E-state index in [1.807, 2.05) is 17.8 Å². The summed E-state index contributed by atoms with van der Waals surface area (Å²) in [5, 5.41) is 7.86. The zero-order valence-corrected chi connectivity index (χ0v) is 13.4. The molecule has 0 radical (unpaired) electrons. The fraction of sp³-hybridized carbons (Fsp3) is 0.400. The molecule has 0 saturated heterocycles. The Balaban J connectivity index is 2.10. The minimum absolute atomic E-state index is 0.225. The van der Waals surface area contributed by atoms with Crippen LogP contribution in [0.2, 0.25) is 0 Å². The molecule has 0 atom stereocenters. The molecule has 2 aromatic rings. The first-order valence-electron chi connectivity index (χ1n) is 6.77. The van der Waals surface area contributed by atoms with E-state index in [1.165, 1.54) is 17.7 Å². The number of aromatic nitrogens is 2. The molecule has 0 spiro atoms. The Labute approximate surface area is 127 Å². The number of nitrogens with zero attached hydrogens (tertiary/aromatic N) is 2. The van der Waals surface area contributed by atoms with Crippen LogP contribution in [0.5, 0.6) is 0 Å². The van der Waals surface area contributed by atoms with Gasteiger partial charge in [0.15, 0.2) is 0 Å². The number of halogens is 2. The van der Waals surface area contributed by atoms with E-state index in [4.69, 9.17) is 0 Å². The minimum atomic E-state index is -0.225. The summed E-state index contributed by atoms with van der Waals surface area (Å²) in [4.78, 5) is 0. The smallest absolute Gasteiger partial charge is 0.123 e. The van der Waals surface area contributed by atoms with E-state index in [1.54, 1.807) is 6.07 Å². The van der Waals surface area contributed by atoms with Crippen molar-refractivity contribution < 1.29 is 4.39 Å². The fourth-order valence-corrected chi connectivity index (χ4v) is 2.42. The summed E-state index contributed by atoms with van der Waals surface area (Å²) in [7, 11) is 0. The first-order chi connectivity index (χ1) is 9.60. The maximum atomic E-state index is 13.3. The van der Waals surface area contributed by atoms with Crippen LogP contribution < -0.4 is 5.32 Å². The average molecular weight is 340 g/mol. The summed E-state index contributed by atoms with van der Waals surface area (Å²) in [6.07, 6.45) is 3.14. The van der Waals surface area contributed by atoms with Crippen LogP contribution in [0.15, 0.2) is 28.9 Å². The summed E-state index contributed by atoms with van der Waals surface area (Å²) in [6.45, 7) is 6.53. The molecule has 0 aliphatic rings. The molecule has 1 N–H and O–H groups in total. The van der Waals surface area contributed by atoms with Gasteiger partial charge in [0.25, 0.3) is 0 Å². The van der Waals surface area contributed by atoms with Crippen LogP contribution in [0.3, 0.4) is 0 Å². The molecule has 0 amide bonds. The lowest BCUT2D eigenvalue weighted by Crippen LogP contribution is -2.13. The third-order valence-corrected chi connectivity index (χ3v) is 3.90. The summed E-state index contributed by atoms with van der Waals surface area (Å²) >= 11 is 3.44. The van der Waals surface area contributed by atoms with Gasteiger partial charge in [0.2, 0.25) is 0 Å². The number of nitrogens with one attached hydrogen (secondary N) is 1. The van der Waals surface area contributed by atoms with Crippen molar-refractivity contribution in [3.8, 4) is 0 Å². The van der Waals surface area contributed by atoms with Gasteiger partial charge in [-0.25, -0.2) is 4.39 Å². The number of rotatable bonds is 6. The molecule has 1 heterocycles. The lowest BCUT2D eigenvalue weighted by Gasteiger charge is -2.05. The molecule has 0 aliphatic heterocycles. The highest BCUT2D eigenvalue weighted by atomic mass is 79.9. The molecule has 1 aromatic heterocycles. The molecule has 2 rings (SSSR count). The van der Waals surface area contributed by atoms with Crippen molar-refractivity contribution in [2.45, 2.75) is 33.4 Å². The normalized spacial score (nSPS) is 11.0. The Kier molecular flexibility index (Phi) is 5.31. The zero-order valence-electron chi connectivity index (χ0n) is 11.8. The van der Waals surface area contributed by atoms with Crippen molar-refractivity contribution in [1.82, 2.24) is 15.1 Å². The minimum Gasteiger partial charge on any atom is -0.313 e. The van der Waals surface area contributed by atoms with Crippen molar-refractivity contribution in [3.63, 3.8) is 0 Å². The molecule has 3 nitrogen and oxygen atoms in total. The Morgan fingerprint density at radius 2 is 2.15 bits per heavy atom. The van der Waals surface area contributed by atoms with Gasteiger partial charge in [-0.3, -0.25) is 4.68 Å². The molecule has 0 saturated carbocycles. The van der Waals surface area contributed by atoms with Crippen molar-refractivity contribution >= 4 is 15.9 Å². The number of aryl methyl sites for hydroxylation is 1. The predicted octanol–water partition coefficient (Wildman–Crippen LogP) is 3.64. The third kappa shape index (κ3) is 3.90. The highest BCUT2D eigenvalue weighted by Crippen LogP contribution is 2.19. The van der Waals surface area contributed by atoms with Crippen molar-refractivity contribution in [3.05, 3.63) is 51.5 Å². The van der Waals surface area contributed by atoms with Gasteiger partial charge in [-0.15, -0.1) is 0 Å². The van der Waals surface area contributed by atoms with Crippen molar-refractivity contribution in [1.29, 1.82) is 0 Å². The maximum absolute atomic E-state index is 13.3. The van der Waals surface area contributed by atoms with Gasteiger partial charge in [-0.1, -0.05) is 22.9 Å². The second-order valence-electron chi connectivity index (χ2n) is 4.85. The maximum Gasteiger partial charge on any atom is 0.123 e. The van der Waals surface area contributed by atoms with Gasteiger partial charge < -0.3 is 5.32 Å². The zero-order chi connectivity index (χ0) is 14.5. The molecule has 0 bridgehead atoms. The van der Waals surface area contributed by atoms with Gasteiger partial charge in [-0.05, 0) is 43.7 Å². The summed E-state index contributed by atoms with van der Waals surface area (Å²) in [5.41, 5.74) is 3.09. The molecular weight excluding hydrogens is 321 g/mol. The van der Waals surface area contributed by atoms with Crippen LogP contribution in [0.25, 0.3) is 0 Å². The molecule has 0 aliphatic carbocycles. The van der Waals surface area contributed by atoms with E-state index in [0.29, 0.717) is 6.54 Å². The van der Waals surface area contributed by atoms with E-state index >= 15 is 0 Å². The first-order valence-corrected chi connectivity index (χ1v) is 7.57. The lowest BCUT2D eigenvalue weighted by atomic mass is 10.2. The van der Waals surface area contributed by atoms with Gasteiger partial charge in [0.1, 0.15) is 5.82 Å². The highest BCUT2D eigenvalue weighted by molar-refractivity contribution is 9.10. The third-order valence-electron chi connectivity index (χ3n) is 3.13. The van der Waals surface area contributed by atoms with Gasteiger partial charge in [0, 0.05) is 22.8 Å². The summed E-state index contributed by atoms with van der Waals surface area (Å²) < 4.78 is 16.0. The predicted molar refractivity (Wildman–Crippen MR) is 82.2 cm³/mol. The second-order valence-corrected chi connectivity index (χ2v) is 5.70. The van der Waals surface area contributed by atoms with Crippen LogP contribution >= 0.6 is 15.9 Å². The lowest BCUT2D eigenvalue weighted by molar-refractivity contribution is 0.617. The summed E-state index contributed by atoms with van der Waals surface area (Å²) in [5.74, 6) is -0.225. The van der Waals surface area contributed by atoms with E-state index < -0.39 is 0 Å². The van der Waals surface area contributed by atoms with Crippen LogP contribution in [0, 0.1) is 12.7 Å². The molecular formula is C15H19BrFN3. The topological polar surface area (TPSA) is 29.9 Å². The number of benzene rings is 1. The van der Waals surface area contributed by atoms with Crippen LogP contribution in [0.4, 0.5) is 4.39 Å². The SMILES string of the molecule is CCCNCc1cn(Cc2cc(F)ccc2Br)nc1C. The van der Waals surface area contributed by atoms with Gasteiger partial charge in [-0.2, -0.15) is 5.10 Å². The van der Waals surface area contributed by atoms with E-state index in [2.05, 4.69) is 33.3 Å². The standard InChI is InChI=1S/C15H19BrFN3/c1-3-6-18-8-13-10-20(19-11(13)2)9-12-7-14(17)4-5-15(12)16/h4-5,7,10,18H,3,6,8-9H2,1-2H3. The quantitative estimate of drug-likeness (QED) is 0.814. The second kappa shape index (κ2) is 6.99. The molecule has 108 valence electrons. The van der Waals surface area contributed by atoms with Crippen molar-refractivity contribution in [2.75, 3.05) is 6.54 Å². The van der Waals surface area contributed by atoms with Crippen LogP contribution in [0.1, 0.15) is 30.2 Å². The number of hydrogen-bond acceptors (Lipinski definition) is 2. The number of hydrogen-bond donors (Lipinski definition) is 1. The molecule has 0 fully saturated rings. The Hall–Kier alpha value is -1.20. The van der Waals surface area contributed by atoms with Crippen molar-refractivity contribution in [2.24, 2.45) is 0 Å². The highest BCUT2D eigenvalue weighted by Gasteiger charge is 2.07. The molecule has 5 heteroatoms. The Bertz CT molecular complexity index is 580. The molecule has 0 unspecified atom stereocenters. The van der Waals surface area contributed by atoms with Crippen LogP contribution in [-0.4, -0.2) is 16.3 Å². The van der Waals surface area contributed by atoms with E-state index in [-0.39, 0.29) is 5.82 Å². The molecule has 20 heavy (non-hydrogen) atoms. The Morgan fingerprint density at radius 1 is 1.35 bits per heavy atom. The first kappa shape index (κ1) is 15.2. The average Bonchev–Trinajstić information content (AvgIpc) is 2.75. The van der Waals surface area contributed by atoms with E-state index in [0.717, 1.165) is 35.2 Å². The van der Waals surface area contributed by atoms with E-state index in [9.17, 15) is 4.39 Å². The van der Waals surface area contributed by atoms with Gasteiger partial charge in [0.05, 0.1) is 12.2 Å². The summed E-state index contributed by atoms with van der Waals surface area (Å²) in [6, 6.07) is 4.71. The Morgan fingerprint density at radius 3 is 2.90 bits per heavy atom. The largest absolute Gasteiger partial charge is 0.313 e. The fourth-order valence-electron chi connectivity index (χ4n) is 2.05. The molecule has 1 aromatic carbocycles.